The van der Waals surface area contributed by atoms with E-state index in [2.05, 4.69) is 11.8 Å². The number of likely N-dealkylation sites (tertiary alicyclic amines) is 1. The van der Waals surface area contributed by atoms with Gasteiger partial charge in [0.05, 0.1) is 6.10 Å². The SMILES string of the molecule is COC1CCN(CCCC(C)N)CC1. The standard InChI is InChI=1S/C11H24N2O/c1-10(12)4-3-7-13-8-5-11(14-2)6-9-13/h10-11H,3-9,12H2,1-2H3. The molecule has 1 aliphatic rings. The summed E-state index contributed by atoms with van der Waals surface area (Å²) in [5, 5.41) is 0. The summed E-state index contributed by atoms with van der Waals surface area (Å²) in [6.45, 7) is 5.67. The Hall–Kier alpha value is -0.120. The van der Waals surface area contributed by atoms with Gasteiger partial charge in [0.2, 0.25) is 0 Å². The lowest BCUT2D eigenvalue weighted by Crippen LogP contribution is -2.37. The van der Waals surface area contributed by atoms with Crippen LogP contribution in [0.4, 0.5) is 0 Å². The molecular weight excluding hydrogens is 176 g/mol. The van der Waals surface area contributed by atoms with Crippen molar-refractivity contribution in [3.63, 3.8) is 0 Å². The van der Waals surface area contributed by atoms with Gasteiger partial charge in [-0.2, -0.15) is 0 Å². The summed E-state index contributed by atoms with van der Waals surface area (Å²) < 4.78 is 5.34. The maximum Gasteiger partial charge on any atom is 0.0595 e. The molecule has 14 heavy (non-hydrogen) atoms. The number of ether oxygens (including phenoxy) is 1. The molecule has 1 fully saturated rings. The molecule has 3 heteroatoms. The van der Waals surface area contributed by atoms with Crippen LogP contribution >= 0.6 is 0 Å². The Labute approximate surface area is 87.6 Å². The van der Waals surface area contributed by atoms with E-state index in [1.165, 1.54) is 38.9 Å². The fraction of sp³-hybridized carbons (Fsp3) is 1.00. The molecule has 1 unspecified atom stereocenters. The zero-order valence-electron chi connectivity index (χ0n) is 9.54. The molecule has 1 heterocycles. The zero-order valence-corrected chi connectivity index (χ0v) is 9.54. The molecule has 0 aromatic heterocycles. The van der Waals surface area contributed by atoms with E-state index in [4.69, 9.17) is 10.5 Å². The van der Waals surface area contributed by atoms with Crippen molar-refractivity contribution in [2.45, 2.75) is 44.8 Å². The van der Waals surface area contributed by atoms with Gasteiger partial charge in [-0.1, -0.05) is 0 Å². The Morgan fingerprint density at radius 3 is 2.57 bits per heavy atom. The second-order valence-electron chi connectivity index (χ2n) is 4.40. The van der Waals surface area contributed by atoms with E-state index < -0.39 is 0 Å². The molecule has 0 saturated carbocycles. The summed E-state index contributed by atoms with van der Waals surface area (Å²) >= 11 is 0. The van der Waals surface area contributed by atoms with Crippen molar-refractivity contribution in [3.05, 3.63) is 0 Å². The van der Waals surface area contributed by atoms with E-state index in [-0.39, 0.29) is 0 Å². The summed E-state index contributed by atoms with van der Waals surface area (Å²) in [5.74, 6) is 0. The van der Waals surface area contributed by atoms with E-state index in [9.17, 15) is 0 Å². The van der Waals surface area contributed by atoms with Crippen molar-refractivity contribution >= 4 is 0 Å². The minimum absolute atomic E-state index is 0.353. The molecule has 0 aromatic rings. The van der Waals surface area contributed by atoms with Gasteiger partial charge in [-0.15, -0.1) is 0 Å². The molecule has 0 aliphatic carbocycles. The third-order valence-electron chi connectivity index (χ3n) is 3.00. The predicted octanol–water partition coefficient (Wildman–Crippen LogP) is 1.22. The molecule has 2 N–H and O–H groups in total. The summed E-state index contributed by atoms with van der Waals surface area (Å²) in [7, 11) is 1.82. The topological polar surface area (TPSA) is 38.5 Å². The minimum atomic E-state index is 0.353. The highest BCUT2D eigenvalue weighted by molar-refractivity contribution is 4.72. The Kier molecular flexibility index (Phi) is 5.45. The van der Waals surface area contributed by atoms with Crippen LogP contribution in [-0.4, -0.2) is 43.8 Å². The smallest absolute Gasteiger partial charge is 0.0595 e. The van der Waals surface area contributed by atoms with E-state index in [1.54, 1.807) is 0 Å². The summed E-state index contributed by atoms with van der Waals surface area (Å²) in [6.07, 6.45) is 5.25. The van der Waals surface area contributed by atoms with Crippen LogP contribution in [0.1, 0.15) is 32.6 Å². The molecule has 3 nitrogen and oxygen atoms in total. The van der Waals surface area contributed by atoms with Crippen molar-refractivity contribution in [1.82, 2.24) is 4.90 Å². The maximum atomic E-state index is 5.71. The number of rotatable bonds is 5. The number of piperidine rings is 1. The van der Waals surface area contributed by atoms with Gasteiger partial charge in [-0.25, -0.2) is 0 Å². The van der Waals surface area contributed by atoms with Gasteiger partial charge < -0.3 is 15.4 Å². The van der Waals surface area contributed by atoms with Crippen LogP contribution in [0.15, 0.2) is 0 Å². The van der Waals surface area contributed by atoms with Gasteiger partial charge in [-0.3, -0.25) is 0 Å². The van der Waals surface area contributed by atoms with Gasteiger partial charge in [0.1, 0.15) is 0 Å². The molecule has 84 valence electrons. The summed E-state index contributed by atoms with van der Waals surface area (Å²) in [6, 6.07) is 0.353. The van der Waals surface area contributed by atoms with Gasteiger partial charge in [0, 0.05) is 26.2 Å². The average Bonchev–Trinajstić information content (AvgIpc) is 2.18. The van der Waals surface area contributed by atoms with Gasteiger partial charge >= 0.3 is 0 Å². The van der Waals surface area contributed by atoms with Gasteiger partial charge in [-0.05, 0) is 39.2 Å². The maximum absolute atomic E-state index is 5.71. The average molecular weight is 200 g/mol. The van der Waals surface area contributed by atoms with Gasteiger partial charge in [0.15, 0.2) is 0 Å². The molecule has 1 saturated heterocycles. The third kappa shape index (κ3) is 4.40. The van der Waals surface area contributed by atoms with E-state index in [0.29, 0.717) is 12.1 Å². The first-order valence-corrected chi connectivity index (χ1v) is 5.73. The number of nitrogens with zero attached hydrogens (tertiary/aromatic N) is 1. The Morgan fingerprint density at radius 2 is 2.07 bits per heavy atom. The van der Waals surface area contributed by atoms with Crippen molar-refractivity contribution in [1.29, 1.82) is 0 Å². The molecule has 0 amide bonds. The number of hydrogen-bond donors (Lipinski definition) is 1. The molecule has 1 rings (SSSR count). The molecule has 0 aromatic carbocycles. The van der Waals surface area contributed by atoms with E-state index in [0.717, 1.165) is 6.42 Å². The highest BCUT2D eigenvalue weighted by atomic mass is 16.5. The van der Waals surface area contributed by atoms with Crippen molar-refractivity contribution in [2.75, 3.05) is 26.7 Å². The monoisotopic (exact) mass is 200 g/mol. The normalized spacial score (nSPS) is 22.5. The number of methoxy groups -OCH3 is 1. The van der Waals surface area contributed by atoms with Crippen LogP contribution in [0.3, 0.4) is 0 Å². The first-order valence-electron chi connectivity index (χ1n) is 5.73. The quantitative estimate of drug-likeness (QED) is 0.725. The highest BCUT2D eigenvalue weighted by Gasteiger charge is 2.17. The Balaban J connectivity index is 2.04. The lowest BCUT2D eigenvalue weighted by Gasteiger charge is -2.31. The van der Waals surface area contributed by atoms with Crippen LogP contribution in [0, 0.1) is 0 Å². The molecule has 0 bridgehead atoms. The molecular formula is C11H24N2O. The third-order valence-corrected chi connectivity index (χ3v) is 3.00. The van der Waals surface area contributed by atoms with Crippen LogP contribution in [0.2, 0.25) is 0 Å². The fourth-order valence-electron chi connectivity index (χ4n) is 2.01. The second-order valence-corrected chi connectivity index (χ2v) is 4.40. The highest BCUT2D eigenvalue weighted by Crippen LogP contribution is 2.13. The number of nitrogens with two attached hydrogens (primary N) is 1. The fourth-order valence-corrected chi connectivity index (χ4v) is 2.01. The minimum Gasteiger partial charge on any atom is -0.381 e. The van der Waals surface area contributed by atoms with E-state index >= 15 is 0 Å². The lowest BCUT2D eigenvalue weighted by molar-refractivity contribution is 0.0406. The second kappa shape index (κ2) is 6.38. The van der Waals surface area contributed by atoms with Crippen LogP contribution in [-0.2, 0) is 4.74 Å². The summed E-state index contributed by atoms with van der Waals surface area (Å²) in [4.78, 5) is 2.53. The molecule has 1 atom stereocenters. The predicted molar refractivity (Wildman–Crippen MR) is 59.4 cm³/mol. The van der Waals surface area contributed by atoms with Crippen molar-refractivity contribution in [2.24, 2.45) is 5.73 Å². The van der Waals surface area contributed by atoms with Crippen LogP contribution in [0.5, 0.6) is 0 Å². The number of hydrogen-bond acceptors (Lipinski definition) is 3. The van der Waals surface area contributed by atoms with Crippen LogP contribution in [0.25, 0.3) is 0 Å². The first-order chi connectivity index (χ1) is 6.72. The zero-order chi connectivity index (χ0) is 10.4. The molecule has 0 radical (unpaired) electrons. The van der Waals surface area contributed by atoms with E-state index in [1.807, 2.05) is 7.11 Å². The Bertz CT molecular complexity index is 142. The van der Waals surface area contributed by atoms with Crippen LogP contribution < -0.4 is 5.73 Å². The van der Waals surface area contributed by atoms with Crippen molar-refractivity contribution < 1.29 is 4.74 Å². The lowest BCUT2D eigenvalue weighted by atomic mass is 10.1. The van der Waals surface area contributed by atoms with Gasteiger partial charge in [0.25, 0.3) is 0 Å². The Morgan fingerprint density at radius 1 is 1.43 bits per heavy atom. The largest absolute Gasteiger partial charge is 0.381 e. The van der Waals surface area contributed by atoms with Crippen molar-refractivity contribution in [3.8, 4) is 0 Å². The first kappa shape index (κ1) is 12.0. The molecule has 0 spiro atoms. The molecule has 1 aliphatic heterocycles. The summed E-state index contributed by atoms with van der Waals surface area (Å²) in [5.41, 5.74) is 5.71.